The number of ether oxygens (including phenoxy) is 5. The van der Waals surface area contributed by atoms with Gasteiger partial charge in [-0.3, -0.25) is 9.80 Å². The van der Waals surface area contributed by atoms with Gasteiger partial charge < -0.3 is 39.0 Å². The van der Waals surface area contributed by atoms with Gasteiger partial charge >= 0.3 is 0 Å². The van der Waals surface area contributed by atoms with E-state index in [0.29, 0.717) is 35.8 Å². The van der Waals surface area contributed by atoms with Crippen molar-refractivity contribution < 1.29 is 39.0 Å². The van der Waals surface area contributed by atoms with Crippen molar-refractivity contribution in [3.8, 4) is 62.9 Å². The quantitative estimate of drug-likeness (QED) is 0.204. The van der Waals surface area contributed by atoms with Gasteiger partial charge in [-0.25, -0.2) is 0 Å². The third kappa shape index (κ3) is 5.02. The smallest absolute Gasteiger partial charge is 0.204 e. The number of likely N-dealkylation sites (N-methyl/N-ethyl adjacent to an activating group) is 2. The van der Waals surface area contributed by atoms with Crippen molar-refractivity contribution in [1.82, 2.24) is 9.80 Å². The lowest BCUT2D eigenvalue weighted by Crippen LogP contribution is -2.36. The number of hydrogen-bond acceptors (Lipinski definition) is 10. The first-order valence-electron chi connectivity index (χ1n) is 16.2. The lowest BCUT2D eigenvalue weighted by atomic mass is 9.75. The third-order valence-electron chi connectivity index (χ3n) is 10.4. The van der Waals surface area contributed by atoms with Crippen LogP contribution in [0.25, 0.3) is 11.1 Å². The van der Waals surface area contributed by atoms with Crippen LogP contribution < -0.4 is 23.7 Å². The number of nitrogens with zero attached hydrogens (tertiary/aromatic N) is 2. The molecule has 48 heavy (non-hydrogen) atoms. The van der Waals surface area contributed by atoms with E-state index in [0.717, 1.165) is 70.4 Å². The molecule has 10 nitrogen and oxygen atoms in total. The number of benzene rings is 4. The standard InChI is InChI=1S/C38H42N2O8/c1-39-13-11-21-16-29(41)30(44-3)18-24(21)27(39)15-20-7-9-22(10-8-20)48-36-26-17-28-32-23(12-14-40(28)2)34(42)38(47-6)37(46-5)33(32)25(26)19-31(45-4)35(36)43/h7-10,16,18-19,27-28,41-43H,11-15,17H2,1-6H3. The van der Waals surface area contributed by atoms with Crippen LogP contribution in [0.15, 0.2) is 42.5 Å². The summed E-state index contributed by atoms with van der Waals surface area (Å²) in [5.41, 5.74) is 7.69. The fourth-order valence-corrected chi connectivity index (χ4v) is 7.81. The summed E-state index contributed by atoms with van der Waals surface area (Å²) in [7, 11) is 10.4. The summed E-state index contributed by atoms with van der Waals surface area (Å²) in [5.74, 6) is 2.56. The number of phenolic OH excluding ortho intramolecular Hbond substituents is 3. The van der Waals surface area contributed by atoms with Gasteiger partial charge in [0.15, 0.2) is 34.5 Å². The van der Waals surface area contributed by atoms with E-state index < -0.39 is 0 Å². The summed E-state index contributed by atoms with van der Waals surface area (Å²) >= 11 is 0. The van der Waals surface area contributed by atoms with E-state index in [1.165, 1.54) is 14.2 Å². The summed E-state index contributed by atoms with van der Waals surface area (Å²) in [4.78, 5) is 4.59. The highest BCUT2D eigenvalue weighted by Gasteiger charge is 2.41. The average molecular weight is 655 g/mol. The highest BCUT2D eigenvalue weighted by Crippen LogP contribution is 2.60. The molecule has 3 N–H and O–H groups in total. The Balaban J connectivity index is 1.26. The van der Waals surface area contributed by atoms with Crippen LogP contribution in [-0.4, -0.2) is 80.7 Å². The maximum Gasteiger partial charge on any atom is 0.204 e. The summed E-state index contributed by atoms with van der Waals surface area (Å²) in [6, 6.07) is 13.6. The van der Waals surface area contributed by atoms with Crippen LogP contribution in [0.3, 0.4) is 0 Å². The lowest BCUT2D eigenvalue weighted by Gasteiger charge is -2.41. The minimum absolute atomic E-state index is 0.0737. The molecule has 10 heteroatoms. The molecule has 252 valence electrons. The van der Waals surface area contributed by atoms with E-state index in [1.807, 2.05) is 42.5 Å². The van der Waals surface area contributed by atoms with Gasteiger partial charge in [0, 0.05) is 41.9 Å². The molecule has 0 amide bonds. The first-order chi connectivity index (χ1) is 23.2. The number of phenols is 3. The topological polar surface area (TPSA) is 113 Å². The van der Waals surface area contributed by atoms with Crippen LogP contribution in [0, 0.1) is 0 Å². The van der Waals surface area contributed by atoms with Crippen molar-refractivity contribution >= 4 is 0 Å². The molecule has 0 aromatic heterocycles. The molecule has 7 rings (SSSR count). The van der Waals surface area contributed by atoms with Crippen molar-refractivity contribution in [2.75, 3.05) is 55.6 Å². The molecular formula is C38H42N2O8. The van der Waals surface area contributed by atoms with Crippen molar-refractivity contribution in [2.45, 2.75) is 37.8 Å². The summed E-state index contributed by atoms with van der Waals surface area (Å²) < 4.78 is 29.2. The zero-order valence-electron chi connectivity index (χ0n) is 28.2. The molecule has 2 atom stereocenters. The second kappa shape index (κ2) is 12.3. The Bertz CT molecular complexity index is 1890. The highest BCUT2D eigenvalue weighted by atomic mass is 16.5. The van der Waals surface area contributed by atoms with Gasteiger partial charge in [-0.15, -0.1) is 0 Å². The minimum Gasteiger partial charge on any atom is -0.504 e. The Kier molecular flexibility index (Phi) is 8.17. The van der Waals surface area contributed by atoms with Crippen LogP contribution in [0.2, 0.25) is 0 Å². The Morgan fingerprint density at radius 2 is 1.44 bits per heavy atom. The average Bonchev–Trinajstić information content (AvgIpc) is 3.09. The SMILES string of the molecule is COc1cc2c(cc1O)CCN(C)C2Cc1ccc(Oc2c(O)c(OC)cc3c2CC2c4c(c(O)c(OC)c(OC)c4-3)CCN2C)cc1. The molecule has 2 heterocycles. The van der Waals surface area contributed by atoms with Gasteiger partial charge in [0.1, 0.15) is 5.75 Å². The van der Waals surface area contributed by atoms with Crippen LogP contribution >= 0.6 is 0 Å². The summed E-state index contributed by atoms with van der Waals surface area (Å²) in [6.45, 7) is 1.64. The normalized spacial score (nSPS) is 18.4. The van der Waals surface area contributed by atoms with Crippen molar-refractivity contribution in [2.24, 2.45) is 0 Å². The maximum absolute atomic E-state index is 11.5. The van der Waals surface area contributed by atoms with E-state index in [4.69, 9.17) is 23.7 Å². The lowest BCUT2D eigenvalue weighted by molar-refractivity contribution is 0.221. The highest BCUT2D eigenvalue weighted by molar-refractivity contribution is 5.89. The van der Waals surface area contributed by atoms with Gasteiger partial charge in [-0.05, 0) is 97.9 Å². The molecule has 4 aromatic carbocycles. The molecular weight excluding hydrogens is 612 g/mol. The van der Waals surface area contributed by atoms with E-state index >= 15 is 0 Å². The van der Waals surface area contributed by atoms with Gasteiger partial charge in [0.2, 0.25) is 11.5 Å². The summed E-state index contributed by atoms with van der Waals surface area (Å²) in [6.07, 6.45) is 2.85. The predicted molar refractivity (Wildman–Crippen MR) is 182 cm³/mol. The van der Waals surface area contributed by atoms with Crippen LogP contribution in [0.5, 0.6) is 51.7 Å². The first-order valence-corrected chi connectivity index (χ1v) is 16.2. The van der Waals surface area contributed by atoms with Gasteiger partial charge in [0.25, 0.3) is 0 Å². The Labute approximate surface area is 280 Å². The number of methoxy groups -OCH3 is 4. The third-order valence-corrected chi connectivity index (χ3v) is 10.4. The zero-order chi connectivity index (χ0) is 33.9. The molecule has 4 aromatic rings. The first kappa shape index (κ1) is 31.8. The molecule has 0 fully saturated rings. The van der Waals surface area contributed by atoms with E-state index in [1.54, 1.807) is 14.2 Å². The molecule has 2 aliphatic heterocycles. The second-order valence-corrected chi connectivity index (χ2v) is 12.8. The van der Waals surface area contributed by atoms with Crippen molar-refractivity contribution in [1.29, 1.82) is 0 Å². The molecule has 0 saturated carbocycles. The fourth-order valence-electron chi connectivity index (χ4n) is 7.81. The summed E-state index contributed by atoms with van der Waals surface area (Å²) in [5, 5.41) is 33.1. The number of fused-ring (bicyclic) bond motifs is 3. The molecule has 0 radical (unpaired) electrons. The Morgan fingerprint density at radius 1 is 0.729 bits per heavy atom. The minimum atomic E-state index is -0.0789. The van der Waals surface area contributed by atoms with Crippen molar-refractivity contribution in [3.63, 3.8) is 0 Å². The Hall–Kier alpha value is -4.80. The van der Waals surface area contributed by atoms with Crippen LogP contribution in [0.1, 0.15) is 45.5 Å². The van der Waals surface area contributed by atoms with Crippen LogP contribution in [0.4, 0.5) is 0 Å². The molecule has 0 saturated heterocycles. The predicted octanol–water partition coefficient (Wildman–Crippen LogP) is 6.15. The number of rotatable bonds is 8. The van der Waals surface area contributed by atoms with Crippen LogP contribution in [-0.2, 0) is 25.7 Å². The Morgan fingerprint density at radius 3 is 2.12 bits per heavy atom. The number of aromatic hydroxyl groups is 3. The van der Waals surface area contributed by atoms with Gasteiger partial charge in [0.05, 0.1) is 28.4 Å². The largest absolute Gasteiger partial charge is 0.504 e. The zero-order valence-corrected chi connectivity index (χ0v) is 28.2. The molecule has 0 spiro atoms. The van der Waals surface area contributed by atoms with E-state index in [2.05, 4.69) is 23.9 Å². The maximum atomic E-state index is 11.5. The van der Waals surface area contributed by atoms with Gasteiger partial charge in [-0.1, -0.05) is 12.1 Å². The number of hydrogen-bond donors (Lipinski definition) is 3. The fraction of sp³-hybridized carbons (Fsp3) is 0.368. The molecule has 2 unspecified atom stereocenters. The molecule has 3 aliphatic rings. The van der Waals surface area contributed by atoms with E-state index in [9.17, 15) is 15.3 Å². The molecule has 0 bridgehead atoms. The van der Waals surface area contributed by atoms with Crippen molar-refractivity contribution in [3.05, 3.63) is 75.8 Å². The molecule has 1 aliphatic carbocycles. The van der Waals surface area contributed by atoms with Gasteiger partial charge in [-0.2, -0.15) is 0 Å². The van der Waals surface area contributed by atoms with E-state index in [-0.39, 0.29) is 40.8 Å². The monoisotopic (exact) mass is 654 g/mol. The second-order valence-electron chi connectivity index (χ2n) is 12.8.